The number of fused-ring (bicyclic) bond motifs is 3. The zero-order chi connectivity index (χ0) is 22.1. The first-order valence-corrected chi connectivity index (χ1v) is 11.7. The van der Waals surface area contributed by atoms with Gasteiger partial charge >= 0.3 is 0 Å². The summed E-state index contributed by atoms with van der Waals surface area (Å²) in [6.45, 7) is 3.40. The summed E-state index contributed by atoms with van der Waals surface area (Å²) in [6, 6.07) is 9.25. The van der Waals surface area contributed by atoms with Crippen LogP contribution < -0.4 is 5.32 Å². The van der Waals surface area contributed by atoms with Gasteiger partial charge in [0, 0.05) is 42.7 Å². The lowest BCUT2D eigenvalue weighted by molar-refractivity contribution is 0.256. The Morgan fingerprint density at radius 3 is 2.69 bits per heavy atom. The first kappa shape index (κ1) is 21.5. The van der Waals surface area contributed by atoms with Gasteiger partial charge in [-0.05, 0) is 68.6 Å². The highest BCUT2D eigenvalue weighted by atomic mass is 35.5. The van der Waals surface area contributed by atoms with E-state index in [0.29, 0.717) is 11.6 Å². The molecule has 1 aliphatic heterocycles. The summed E-state index contributed by atoms with van der Waals surface area (Å²) in [4.78, 5) is 6.69. The van der Waals surface area contributed by atoms with Crippen molar-refractivity contribution in [1.82, 2.24) is 30.0 Å². The Bertz CT molecular complexity index is 1090. The van der Waals surface area contributed by atoms with Crippen LogP contribution in [0.3, 0.4) is 0 Å². The first-order chi connectivity index (χ1) is 15.6. The van der Waals surface area contributed by atoms with Crippen molar-refractivity contribution < 1.29 is 4.39 Å². The highest BCUT2D eigenvalue weighted by molar-refractivity contribution is 6.30. The second-order valence-electron chi connectivity index (χ2n) is 8.82. The van der Waals surface area contributed by atoms with E-state index in [9.17, 15) is 4.39 Å². The molecule has 168 valence electrons. The van der Waals surface area contributed by atoms with Crippen molar-refractivity contribution in [1.29, 1.82) is 0 Å². The number of hydrogen-bond donors (Lipinski definition) is 1. The number of benzene rings is 1. The lowest BCUT2D eigenvalue weighted by Crippen LogP contribution is -2.29. The second kappa shape index (κ2) is 9.25. The van der Waals surface area contributed by atoms with Gasteiger partial charge in [-0.3, -0.25) is 14.5 Å². The van der Waals surface area contributed by atoms with Crippen LogP contribution in [0.4, 0.5) is 4.39 Å². The molecule has 0 radical (unpaired) electrons. The predicted molar refractivity (Wildman–Crippen MR) is 123 cm³/mol. The number of nitrogens with one attached hydrogen (secondary N) is 1. The Balaban J connectivity index is 1.43. The largest absolute Gasteiger partial charge is 0.318 e. The van der Waals surface area contributed by atoms with Crippen LogP contribution in [0.15, 0.2) is 36.5 Å². The van der Waals surface area contributed by atoms with Crippen LogP contribution in [0.25, 0.3) is 5.69 Å². The van der Waals surface area contributed by atoms with Crippen LogP contribution in [0.5, 0.6) is 0 Å². The van der Waals surface area contributed by atoms with Crippen LogP contribution in [0.1, 0.15) is 60.4 Å². The van der Waals surface area contributed by atoms with E-state index in [2.05, 4.69) is 42.1 Å². The van der Waals surface area contributed by atoms with E-state index in [4.69, 9.17) is 11.6 Å². The topological polar surface area (TPSA) is 58.9 Å². The number of pyridine rings is 1. The Kier molecular flexibility index (Phi) is 6.22. The maximum Gasteiger partial charge on any atom is 0.151 e. The Labute approximate surface area is 192 Å². The fourth-order valence-electron chi connectivity index (χ4n) is 5.11. The summed E-state index contributed by atoms with van der Waals surface area (Å²) in [7, 11) is 1.97. The third kappa shape index (κ3) is 4.17. The molecule has 32 heavy (non-hydrogen) atoms. The average Bonchev–Trinajstić information content (AvgIpc) is 3.14. The quantitative estimate of drug-likeness (QED) is 0.618. The van der Waals surface area contributed by atoms with Crippen molar-refractivity contribution >= 4 is 11.6 Å². The minimum Gasteiger partial charge on any atom is -0.318 e. The lowest BCUT2D eigenvalue weighted by Gasteiger charge is -2.28. The van der Waals surface area contributed by atoms with E-state index < -0.39 is 0 Å². The molecule has 2 aliphatic rings. The molecule has 0 bridgehead atoms. The molecule has 0 atom stereocenters. The molecule has 5 rings (SSSR count). The van der Waals surface area contributed by atoms with Crippen molar-refractivity contribution in [2.75, 3.05) is 20.1 Å². The predicted octanol–water partition coefficient (Wildman–Crippen LogP) is 4.43. The maximum atomic E-state index is 14.2. The Hall–Kier alpha value is -2.35. The van der Waals surface area contributed by atoms with Gasteiger partial charge in [0.2, 0.25) is 0 Å². The minimum atomic E-state index is -0.195. The average molecular weight is 455 g/mol. The van der Waals surface area contributed by atoms with Gasteiger partial charge in [-0.1, -0.05) is 11.6 Å². The zero-order valence-corrected chi connectivity index (χ0v) is 19.0. The molecule has 1 saturated carbocycles. The minimum absolute atomic E-state index is 0.169. The standard InChI is InChI=1S/C24H28ClFN6/c1-27-11-12-31-14-18-13-19(25)8-9-21(18)32-22(15-31)29-30-24(32)17-6-4-16(5-7-17)23-20(26)3-2-10-28-23/h2-3,8-10,13,16-17,27H,4-7,11-12,14-15H2,1H3/t16-,17-. The normalized spacial score (nSPS) is 21.1. The molecule has 0 saturated heterocycles. The summed E-state index contributed by atoms with van der Waals surface area (Å²) in [5.41, 5.74) is 2.91. The van der Waals surface area contributed by atoms with Crippen molar-refractivity contribution in [3.63, 3.8) is 0 Å². The van der Waals surface area contributed by atoms with E-state index in [1.165, 1.54) is 11.6 Å². The third-order valence-corrected chi connectivity index (χ3v) is 6.98. The molecule has 1 aliphatic carbocycles. The van der Waals surface area contributed by atoms with Gasteiger partial charge in [-0.2, -0.15) is 0 Å². The molecule has 0 amide bonds. The van der Waals surface area contributed by atoms with E-state index in [0.717, 1.165) is 74.2 Å². The summed E-state index contributed by atoms with van der Waals surface area (Å²) in [5.74, 6) is 2.25. The monoisotopic (exact) mass is 454 g/mol. The van der Waals surface area contributed by atoms with Crippen LogP contribution in [-0.4, -0.2) is 44.8 Å². The summed E-state index contributed by atoms with van der Waals surface area (Å²) >= 11 is 6.35. The zero-order valence-electron chi connectivity index (χ0n) is 18.3. The van der Waals surface area contributed by atoms with Crippen LogP contribution >= 0.6 is 11.6 Å². The van der Waals surface area contributed by atoms with E-state index in [-0.39, 0.29) is 11.7 Å². The van der Waals surface area contributed by atoms with Crippen molar-refractivity contribution in [2.45, 2.75) is 50.6 Å². The number of nitrogens with zero attached hydrogens (tertiary/aromatic N) is 5. The Morgan fingerprint density at radius 1 is 1.09 bits per heavy atom. The van der Waals surface area contributed by atoms with Gasteiger partial charge in [-0.25, -0.2) is 4.39 Å². The van der Waals surface area contributed by atoms with Gasteiger partial charge in [0.1, 0.15) is 11.6 Å². The fraction of sp³-hybridized carbons (Fsp3) is 0.458. The van der Waals surface area contributed by atoms with Crippen LogP contribution in [0, 0.1) is 5.82 Å². The second-order valence-corrected chi connectivity index (χ2v) is 9.25. The van der Waals surface area contributed by atoms with E-state index in [1.54, 1.807) is 12.3 Å². The maximum absolute atomic E-state index is 14.2. The fourth-order valence-corrected chi connectivity index (χ4v) is 5.30. The summed E-state index contributed by atoms with van der Waals surface area (Å²) in [5, 5.41) is 13.2. The molecule has 2 aromatic heterocycles. The molecule has 3 aromatic rings. The van der Waals surface area contributed by atoms with Gasteiger partial charge < -0.3 is 5.32 Å². The molecule has 1 aromatic carbocycles. The van der Waals surface area contributed by atoms with E-state index >= 15 is 0 Å². The van der Waals surface area contributed by atoms with Crippen molar-refractivity contribution in [2.24, 2.45) is 0 Å². The highest BCUT2D eigenvalue weighted by Gasteiger charge is 2.32. The number of likely N-dealkylation sites (N-methyl/N-ethyl adjacent to an activating group) is 1. The van der Waals surface area contributed by atoms with Gasteiger partial charge in [0.25, 0.3) is 0 Å². The molecule has 0 unspecified atom stereocenters. The van der Waals surface area contributed by atoms with Gasteiger partial charge in [0.15, 0.2) is 5.82 Å². The number of aromatic nitrogens is 4. The van der Waals surface area contributed by atoms with Gasteiger partial charge in [-0.15, -0.1) is 10.2 Å². The van der Waals surface area contributed by atoms with Gasteiger partial charge in [0.05, 0.1) is 17.9 Å². The molecular formula is C24H28ClFN6. The molecule has 0 spiro atoms. The highest BCUT2D eigenvalue weighted by Crippen LogP contribution is 2.41. The van der Waals surface area contributed by atoms with Crippen LogP contribution in [-0.2, 0) is 13.1 Å². The molecule has 3 heterocycles. The lowest BCUT2D eigenvalue weighted by atomic mass is 9.79. The molecule has 6 nitrogen and oxygen atoms in total. The first-order valence-electron chi connectivity index (χ1n) is 11.3. The number of rotatable bonds is 5. The van der Waals surface area contributed by atoms with Crippen molar-refractivity contribution in [3.05, 3.63) is 70.3 Å². The van der Waals surface area contributed by atoms with E-state index in [1.807, 2.05) is 13.1 Å². The van der Waals surface area contributed by atoms with Crippen LogP contribution in [0.2, 0.25) is 5.02 Å². The molecular weight excluding hydrogens is 427 g/mol. The Morgan fingerprint density at radius 2 is 1.91 bits per heavy atom. The molecule has 1 N–H and O–H groups in total. The molecule has 1 fully saturated rings. The summed E-state index contributed by atoms with van der Waals surface area (Å²) in [6.07, 6.45) is 5.40. The SMILES string of the molecule is CNCCN1Cc2cc(Cl)ccc2-n2c(nnc2[C@H]2CC[C@H](c3ncccc3F)CC2)C1. The smallest absolute Gasteiger partial charge is 0.151 e. The summed E-state index contributed by atoms with van der Waals surface area (Å²) < 4.78 is 16.5. The number of halogens is 2. The molecule has 8 heteroatoms. The van der Waals surface area contributed by atoms with Crippen molar-refractivity contribution in [3.8, 4) is 5.69 Å². The number of hydrogen-bond acceptors (Lipinski definition) is 5. The third-order valence-electron chi connectivity index (χ3n) is 6.74.